The fourth-order valence-electron chi connectivity index (χ4n) is 2.59. The zero-order chi connectivity index (χ0) is 20.1. The molecule has 3 rings (SSSR count). The molecule has 0 bridgehead atoms. The Bertz CT molecular complexity index is 979. The molecule has 1 aromatic heterocycles. The van der Waals surface area contributed by atoms with Crippen molar-refractivity contribution in [3.8, 4) is 0 Å². The second-order valence-corrected chi connectivity index (χ2v) is 7.96. The molecule has 0 spiro atoms. The van der Waals surface area contributed by atoms with Crippen LogP contribution < -0.4 is 5.43 Å². The van der Waals surface area contributed by atoms with Gasteiger partial charge in [0.1, 0.15) is 0 Å². The van der Waals surface area contributed by atoms with Gasteiger partial charge in [0.25, 0.3) is 5.91 Å². The number of carbonyl (C=O) groups is 1. The molecule has 0 atom stereocenters. The number of hydrogen-bond donors (Lipinski definition) is 1. The van der Waals surface area contributed by atoms with Gasteiger partial charge in [-0.3, -0.25) is 9.48 Å². The third-order valence-electron chi connectivity index (χ3n) is 4.17. The Morgan fingerprint density at radius 1 is 1.21 bits per heavy atom. The Labute approximate surface area is 177 Å². The van der Waals surface area contributed by atoms with Crippen molar-refractivity contribution >= 4 is 39.7 Å². The SMILES string of the molecule is CC(C)c1ccc(/C=N/NC(=O)c2nn(Cc3ccc(Cl)cc3)cc2Br)cc1. The van der Waals surface area contributed by atoms with Crippen LogP contribution in [-0.2, 0) is 6.54 Å². The largest absolute Gasteiger partial charge is 0.293 e. The summed E-state index contributed by atoms with van der Waals surface area (Å²) in [6, 6.07) is 15.6. The van der Waals surface area contributed by atoms with Gasteiger partial charge in [-0.2, -0.15) is 10.2 Å². The first kappa shape index (κ1) is 20.3. The zero-order valence-corrected chi connectivity index (χ0v) is 17.9. The highest BCUT2D eigenvalue weighted by molar-refractivity contribution is 9.10. The predicted molar refractivity (Wildman–Crippen MR) is 116 cm³/mol. The Balaban J connectivity index is 1.62. The Morgan fingerprint density at radius 2 is 1.89 bits per heavy atom. The summed E-state index contributed by atoms with van der Waals surface area (Å²) in [5, 5.41) is 9.04. The van der Waals surface area contributed by atoms with Crippen molar-refractivity contribution in [3.05, 3.63) is 86.6 Å². The van der Waals surface area contributed by atoms with Crippen molar-refractivity contribution in [1.29, 1.82) is 0 Å². The molecule has 0 radical (unpaired) electrons. The van der Waals surface area contributed by atoms with E-state index >= 15 is 0 Å². The molecular formula is C21H20BrClN4O. The molecule has 5 nitrogen and oxygen atoms in total. The number of benzene rings is 2. The van der Waals surface area contributed by atoms with E-state index in [1.165, 1.54) is 5.56 Å². The van der Waals surface area contributed by atoms with Crippen molar-refractivity contribution in [2.75, 3.05) is 0 Å². The molecule has 0 saturated heterocycles. The van der Waals surface area contributed by atoms with Crippen LogP contribution in [0, 0.1) is 0 Å². The average Bonchev–Trinajstić information content (AvgIpc) is 3.04. The van der Waals surface area contributed by atoms with E-state index in [4.69, 9.17) is 11.6 Å². The number of nitrogens with one attached hydrogen (secondary N) is 1. The number of halogens is 2. The van der Waals surface area contributed by atoms with Crippen molar-refractivity contribution in [2.45, 2.75) is 26.3 Å². The molecule has 0 aliphatic heterocycles. The van der Waals surface area contributed by atoms with Crippen LogP contribution in [0.4, 0.5) is 0 Å². The lowest BCUT2D eigenvalue weighted by Gasteiger charge is -2.04. The van der Waals surface area contributed by atoms with E-state index < -0.39 is 0 Å². The molecule has 3 aromatic rings. The van der Waals surface area contributed by atoms with E-state index in [0.29, 0.717) is 22.0 Å². The molecule has 28 heavy (non-hydrogen) atoms. The topological polar surface area (TPSA) is 59.3 Å². The van der Waals surface area contributed by atoms with E-state index in [9.17, 15) is 4.79 Å². The van der Waals surface area contributed by atoms with Gasteiger partial charge in [0.05, 0.1) is 17.2 Å². The van der Waals surface area contributed by atoms with Crippen LogP contribution in [0.2, 0.25) is 5.02 Å². The van der Waals surface area contributed by atoms with Gasteiger partial charge >= 0.3 is 0 Å². The Morgan fingerprint density at radius 3 is 2.54 bits per heavy atom. The monoisotopic (exact) mass is 458 g/mol. The molecule has 1 N–H and O–H groups in total. The summed E-state index contributed by atoms with van der Waals surface area (Å²) in [6.45, 7) is 4.83. The summed E-state index contributed by atoms with van der Waals surface area (Å²) in [5.74, 6) is 0.0998. The van der Waals surface area contributed by atoms with Crippen LogP contribution in [0.1, 0.15) is 46.9 Å². The lowest BCUT2D eigenvalue weighted by atomic mass is 10.0. The fraction of sp³-hybridized carbons (Fsp3) is 0.190. The lowest BCUT2D eigenvalue weighted by molar-refractivity contribution is 0.0948. The first-order valence-electron chi connectivity index (χ1n) is 8.83. The van der Waals surface area contributed by atoms with E-state index in [1.807, 2.05) is 36.4 Å². The molecule has 144 valence electrons. The average molecular weight is 460 g/mol. The third kappa shape index (κ3) is 5.30. The maximum absolute atomic E-state index is 12.4. The van der Waals surface area contributed by atoms with Crippen molar-refractivity contribution in [3.63, 3.8) is 0 Å². The highest BCUT2D eigenvalue weighted by atomic mass is 79.9. The van der Waals surface area contributed by atoms with Crippen molar-refractivity contribution in [1.82, 2.24) is 15.2 Å². The number of aromatic nitrogens is 2. The molecule has 0 saturated carbocycles. The zero-order valence-electron chi connectivity index (χ0n) is 15.6. The van der Waals surface area contributed by atoms with Crippen LogP contribution >= 0.6 is 27.5 Å². The minimum absolute atomic E-state index is 0.279. The van der Waals surface area contributed by atoms with E-state index in [-0.39, 0.29) is 11.6 Å². The number of amides is 1. The highest BCUT2D eigenvalue weighted by Crippen LogP contribution is 2.17. The van der Waals surface area contributed by atoms with Gasteiger partial charge < -0.3 is 0 Å². The molecule has 0 unspecified atom stereocenters. The molecular weight excluding hydrogens is 440 g/mol. The quantitative estimate of drug-likeness (QED) is 0.405. The van der Waals surface area contributed by atoms with Crippen LogP contribution in [-0.4, -0.2) is 21.9 Å². The normalized spacial score (nSPS) is 11.3. The van der Waals surface area contributed by atoms with Crippen LogP contribution in [0.25, 0.3) is 0 Å². The number of carbonyl (C=O) groups excluding carboxylic acids is 1. The van der Waals surface area contributed by atoms with Crippen LogP contribution in [0.5, 0.6) is 0 Å². The van der Waals surface area contributed by atoms with Gasteiger partial charge in [0, 0.05) is 11.2 Å². The summed E-state index contributed by atoms with van der Waals surface area (Å²) >= 11 is 9.29. The Kier molecular flexibility index (Phi) is 6.65. The van der Waals surface area contributed by atoms with Gasteiger partial charge in [-0.1, -0.05) is 61.8 Å². The van der Waals surface area contributed by atoms with Crippen molar-refractivity contribution < 1.29 is 4.79 Å². The van der Waals surface area contributed by atoms with Gasteiger partial charge in [-0.15, -0.1) is 0 Å². The third-order valence-corrected chi connectivity index (χ3v) is 5.01. The maximum atomic E-state index is 12.4. The summed E-state index contributed by atoms with van der Waals surface area (Å²) in [5.41, 5.74) is 6.01. The molecule has 7 heteroatoms. The van der Waals surface area contributed by atoms with Crippen LogP contribution in [0.15, 0.2) is 64.3 Å². The molecule has 1 amide bonds. The van der Waals surface area contributed by atoms with E-state index in [0.717, 1.165) is 11.1 Å². The summed E-state index contributed by atoms with van der Waals surface area (Å²) in [4.78, 5) is 12.4. The standard InChI is InChI=1S/C21H20BrClN4O/c1-14(2)17-7-3-15(4-8-17)11-24-25-21(28)20-19(22)13-27(26-20)12-16-5-9-18(23)10-6-16/h3-11,13-14H,12H2,1-2H3,(H,25,28)/b24-11+. The molecule has 0 fully saturated rings. The predicted octanol–water partition coefficient (Wildman–Crippen LogP) is 5.23. The maximum Gasteiger partial charge on any atom is 0.293 e. The number of hydrogen-bond acceptors (Lipinski definition) is 3. The smallest absolute Gasteiger partial charge is 0.266 e. The van der Waals surface area contributed by atoms with Gasteiger partial charge in [0.2, 0.25) is 0 Å². The molecule has 0 aliphatic carbocycles. The number of hydrazone groups is 1. The first-order valence-corrected chi connectivity index (χ1v) is 10.00. The summed E-state index contributed by atoms with van der Waals surface area (Å²) in [7, 11) is 0. The molecule has 1 heterocycles. The lowest BCUT2D eigenvalue weighted by Crippen LogP contribution is -2.19. The summed E-state index contributed by atoms with van der Waals surface area (Å²) < 4.78 is 2.30. The number of nitrogens with zero attached hydrogens (tertiary/aromatic N) is 3. The second-order valence-electron chi connectivity index (χ2n) is 6.67. The molecule has 0 aliphatic rings. The minimum Gasteiger partial charge on any atom is -0.266 e. The summed E-state index contributed by atoms with van der Waals surface area (Å²) in [6.07, 6.45) is 3.37. The van der Waals surface area contributed by atoms with Gasteiger partial charge in [-0.25, -0.2) is 5.43 Å². The van der Waals surface area contributed by atoms with E-state index in [1.54, 1.807) is 17.1 Å². The Hall–Kier alpha value is -2.44. The molecule has 2 aromatic carbocycles. The van der Waals surface area contributed by atoms with E-state index in [2.05, 4.69) is 57.5 Å². The first-order chi connectivity index (χ1) is 13.4. The van der Waals surface area contributed by atoms with Crippen LogP contribution in [0.3, 0.4) is 0 Å². The van der Waals surface area contributed by atoms with Gasteiger partial charge in [0.15, 0.2) is 5.69 Å². The van der Waals surface area contributed by atoms with Crippen molar-refractivity contribution in [2.24, 2.45) is 5.10 Å². The number of rotatable bonds is 6. The van der Waals surface area contributed by atoms with Gasteiger partial charge in [-0.05, 0) is 50.7 Å². The minimum atomic E-state index is -0.378. The fourth-order valence-corrected chi connectivity index (χ4v) is 3.22. The second kappa shape index (κ2) is 9.17. The highest BCUT2D eigenvalue weighted by Gasteiger charge is 2.15.